The van der Waals surface area contributed by atoms with Crippen LogP contribution >= 0.6 is 11.3 Å². The topological polar surface area (TPSA) is 217 Å². The van der Waals surface area contributed by atoms with Crippen molar-refractivity contribution in [3.63, 3.8) is 0 Å². The first-order chi connectivity index (χ1) is 28.3. The number of amides is 7. The summed E-state index contributed by atoms with van der Waals surface area (Å²) in [5.74, 6) is -2.34. The van der Waals surface area contributed by atoms with Gasteiger partial charge in [0.1, 0.15) is 12.6 Å². The Balaban J connectivity index is 0.818. The van der Waals surface area contributed by atoms with E-state index >= 15 is 0 Å². The summed E-state index contributed by atoms with van der Waals surface area (Å²) in [6.45, 7) is 1.69. The minimum atomic E-state index is -3.53. The standard InChI is InChI=1S/C40H50N8O9S2/c1-59(56,57)47-20-17-29(23-47)46(26-49)24-35(51)44-40-42-32(25-58-40)27-11-10-19-45(22-27)36(52)12-8-6-4-2-3-5-7-9-18-41-28-13-14-30-31(21-28)39(55)48(38(30)54)33-15-16-34(50)43-37(33)53/h13-14,17,20-21,23,25-27,33,41H,2-12,15-16,18-19,22,24H2,1H3,(H,42,44,51)(H,43,50,53). The second-order valence-electron chi connectivity index (χ2n) is 15.2. The molecule has 2 unspecified atom stereocenters. The van der Waals surface area contributed by atoms with Gasteiger partial charge in [-0.2, -0.15) is 0 Å². The molecule has 6 rings (SSSR count). The molecule has 0 bridgehead atoms. The molecule has 1 aromatic carbocycles. The number of hydrogen-bond acceptors (Lipinski definition) is 12. The van der Waals surface area contributed by atoms with Gasteiger partial charge in [0.25, 0.3) is 11.8 Å². The van der Waals surface area contributed by atoms with Crippen LogP contribution in [0.4, 0.5) is 16.5 Å². The van der Waals surface area contributed by atoms with E-state index in [0.717, 1.165) is 95.6 Å². The van der Waals surface area contributed by atoms with Crippen LogP contribution in [0.15, 0.2) is 42.0 Å². The molecule has 0 aliphatic carbocycles. The van der Waals surface area contributed by atoms with Gasteiger partial charge in [0.05, 0.1) is 28.8 Å². The number of nitrogens with zero attached hydrogens (tertiary/aromatic N) is 5. The van der Waals surface area contributed by atoms with Crippen molar-refractivity contribution in [3.8, 4) is 0 Å². The highest BCUT2D eigenvalue weighted by atomic mass is 32.2. The average Bonchev–Trinajstić information content (AvgIpc) is 3.95. The van der Waals surface area contributed by atoms with E-state index in [1.54, 1.807) is 18.2 Å². The molecule has 17 nitrogen and oxygen atoms in total. The molecule has 2 fully saturated rings. The first-order valence-electron chi connectivity index (χ1n) is 20.1. The Kier molecular flexibility index (Phi) is 14.3. The zero-order valence-electron chi connectivity index (χ0n) is 33.0. The molecule has 5 heterocycles. The summed E-state index contributed by atoms with van der Waals surface area (Å²) < 4.78 is 24.5. The van der Waals surface area contributed by atoms with E-state index in [1.165, 1.54) is 29.8 Å². The van der Waals surface area contributed by atoms with E-state index in [4.69, 9.17) is 0 Å². The van der Waals surface area contributed by atoms with Crippen molar-refractivity contribution in [2.45, 2.75) is 95.4 Å². The van der Waals surface area contributed by atoms with Gasteiger partial charge in [0.15, 0.2) is 5.13 Å². The Morgan fingerprint density at radius 1 is 0.983 bits per heavy atom. The molecule has 2 aromatic heterocycles. The summed E-state index contributed by atoms with van der Waals surface area (Å²) in [5, 5.41) is 10.5. The summed E-state index contributed by atoms with van der Waals surface area (Å²) in [6, 6.07) is 5.47. The fourth-order valence-electron chi connectivity index (χ4n) is 7.66. The van der Waals surface area contributed by atoms with Crippen LogP contribution in [0.25, 0.3) is 0 Å². The predicted molar refractivity (Wildman–Crippen MR) is 221 cm³/mol. The van der Waals surface area contributed by atoms with Crippen LogP contribution in [0.1, 0.15) is 116 Å². The highest BCUT2D eigenvalue weighted by Gasteiger charge is 2.44. The number of imide groups is 2. The zero-order chi connectivity index (χ0) is 42.1. The number of hydrogen-bond donors (Lipinski definition) is 3. The summed E-state index contributed by atoms with van der Waals surface area (Å²) in [4.78, 5) is 95.8. The fourth-order valence-corrected chi connectivity index (χ4v) is 9.05. The molecule has 2 saturated heterocycles. The number of nitrogens with one attached hydrogen (secondary N) is 3. The lowest BCUT2D eigenvalue weighted by Gasteiger charge is -2.32. The number of rotatable bonds is 20. The van der Waals surface area contributed by atoms with E-state index in [-0.39, 0.29) is 48.0 Å². The number of piperidine rings is 2. The van der Waals surface area contributed by atoms with Crippen molar-refractivity contribution in [1.29, 1.82) is 0 Å². The molecule has 19 heteroatoms. The molecule has 3 aliphatic heterocycles. The highest BCUT2D eigenvalue weighted by Crippen LogP contribution is 2.31. The highest BCUT2D eigenvalue weighted by molar-refractivity contribution is 7.89. The van der Waals surface area contributed by atoms with Gasteiger partial charge in [0.2, 0.25) is 40.1 Å². The van der Waals surface area contributed by atoms with Gasteiger partial charge in [-0.1, -0.05) is 38.5 Å². The van der Waals surface area contributed by atoms with Crippen molar-refractivity contribution in [3.05, 3.63) is 58.9 Å². The molecular formula is C40H50N8O9S2. The third-order valence-electron chi connectivity index (χ3n) is 10.9. The lowest BCUT2D eigenvalue weighted by Crippen LogP contribution is -2.54. The molecule has 3 N–H and O–H groups in total. The minimum absolute atomic E-state index is 0.0631. The van der Waals surface area contributed by atoms with Gasteiger partial charge in [0, 0.05) is 61.9 Å². The molecule has 59 heavy (non-hydrogen) atoms. The minimum Gasteiger partial charge on any atom is -0.385 e. The van der Waals surface area contributed by atoms with Crippen LogP contribution in [0.2, 0.25) is 0 Å². The Morgan fingerprint density at radius 3 is 2.42 bits per heavy atom. The maximum atomic E-state index is 13.1. The summed E-state index contributed by atoms with van der Waals surface area (Å²) in [5.41, 5.74) is 2.33. The summed E-state index contributed by atoms with van der Waals surface area (Å²) >= 11 is 1.28. The van der Waals surface area contributed by atoms with E-state index < -0.39 is 45.6 Å². The smallest absolute Gasteiger partial charge is 0.262 e. The predicted octanol–water partition coefficient (Wildman–Crippen LogP) is 4.08. The number of carbonyl (C=O) groups is 7. The molecule has 0 spiro atoms. The van der Waals surface area contributed by atoms with Crippen LogP contribution in [-0.2, 0) is 34.0 Å². The van der Waals surface area contributed by atoms with Crippen LogP contribution in [0.5, 0.6) is 0 Å². The summed E-state index contributed by atoms with van der Waals surface area (Å²) in [6.07, 6.45) is 14.7. The Morgan fingerprint density at radius 2 is 1.71 bits per heavy atom. The van der Waals surface area contributed by atoms with Crippen molar-refractivity contribution in [2.75, 3.05) is 48.0 Å². The Bertz CT molecular complexity index is 2190. The number of benzene rings is 1. The lowest BCUT2D eigenvalue weighted by molar-refractivity contribution is -0.136. The van der Waals surface area contributed by atoms with Gasteiger partial charge in [-0.25, -0.2) is 13.4 Å². The second-order valence-corrected chi connectivity index (χ2v) is 18.0. The number of thiazole rings is 1. The van der Waals surface area contributed by atoms with Crippen LogP contribution in [-0.4, -0.2) is 108 Å². The van der Waals surface area contributed by atoms with Crippen molar-refractivity contribution >= 4 is 79.7 Å². The Hall–Kier alpha value is -5.43. The fraction of sp³-hybridized carbons (Fsp3) is 0.500. The van der Waals surface area contributed by atoms with Gasteiger partial charge in [-0.3, -0.25) is 47.8 Å². The summed E-state index contributed by atoms with van der Waals surface area (Å²) in [7, 11) is -3.53. The molecule has 0 radical (unpaired) electrons. The largest absolute Gasteiger partial charge is 0.385 e. The second kappa shape index (κ2) is 19.5. The van der Waals surface area contributed by atoms with Crippen molar-refractivity contribution < 1.29 is 42.0 Å². The number of carbonyl (C=O) groups excluding carboxylic acids is 7. The lowest BCUT2D eigenvalue weighted by atomic mass is 9.95. The van der Waals surface area contributed by atoms with E-state index in [0.29, 0.717) is 37.6 Å². The normalized spacial score (nSPS) is 18.1. The van der Waals surface area contributed by atoms with Gasteiger partial charge in [-0.05, 0) is 56.4 Å². The number of unbranched alkanes of at least 4 members (excludes halogenated alkanes) is 7. The quantitative estimate of drug-likeness (QED) is 0.0836. The maximum absolute atomic E-state index is 13.1. The van der Waals surface area contributed by atoms with E-state index in [9.17, 15) is 42.0 Å². The van der Waals surface area contributed by atoms with E-state index in [1.807, 2.05) is 10.3 Å². The van der Waals surface area contributed by atoms with Gasteiger partial charge < -0.3 is 20.4 Å². The number of likely N-dealkylation sites (tertiary alicyclic amines) is 1. The SMILES string of the molecule is CS(=O)(=O)n1ccc(N(C=O)CC(=O)Nc2nc(C3CCCN(C(=O)CCCCCCCCCCNc4ccc5c(c4)C(=O)N(C4CCC(=O)NC4=O)C5=O)C3)cs2)c1. The first-order valence-corrected chi connectivity index (χ1v) is 22.8. The van der Waals surface area contributed by atoms with Gasteiger partial charge in [-0.15, -0.1) is 11.3 Å². The molecule has 316 valence electrons. The monoisotopic (exact) mass is 850 g/mol. The van der Waals surface area contributed by atoms with E-state index in [2.05, 4.69) is 20.9 Å². The average molecular weight is 851 g/mol. The molecule has 2 atom stereocenters. The van der Waals surface area contributed by atoms with Crippen molar-refractivity contribution in [1.82, 2.24) is 24.1 Å². The first kappa shape index (κ1) is 43.2. The molecule has 3 aromatic rings. The number of anilines is 3. The third-order valence-corrected chi connectivity index (χ3v) is 12.6. The maximum Gasteiger partial charge on any atom is 0.262 e. The molecule has 7 amide bonds. The molecule has 0 saturated carbocycles. The zero-order valence-corrected chi connectivity index (χ0v) is 34.7. The number of fused-ring (bicyclic) bond motifs is 1. The number of aromatic nitrogens is 2. The Labute approximate surface area is 346 Å². The third kappa shape index (κ3) is 11.0. The van der Waals surface area contributed by atoms with Gasteiger partial charge >= 0.3 is 0 Å². The molecule has 3 aliphatic rings. The van der Waals surface area contributed by atoms with Crippen LogP contribution in [0, 0.1) is 0 Å². The van der Waals surface area contributed by atoms with Crippen LogP contribution < -0.4 is 20.9 Å². The van der Waals surface area contributed by atoms with Crippen LogP contribution in [0.3, 0.4) is 0 Å². The molecular weight excluding hydrogens is 801 g/mol. The van der Waals surface area contributed by atoms with Crippen molar-refractivity contribution in [2.24, 2.45) is 0 Å².